The van der Waals surface area contributed by atoms with Crippen LogP contribution < -0.4 is 19.6 Å². The van der Waals surface area contributed by atoms with E-state index in [-0.39, 0.29) is 0 Å². The molecule has 3 rings (SSSR count). The van der Waals surface area contributed by atoms with E-state index >= 15 is 0 Å². The lowest BCUT2D eigenvalue weighted by atomic mass is 10.2. The van der Waals surface area contributed by atoms with Crippen molar-refractivity contribution >= 4 is 33.7 Å². The maximum atomic E-state index is 6.15. The molecule has 0 atom stereocenters. The Morgan fingerprint density at radius 3 is 2.33 bits per heavy atom. The lowest BCUT2D eigenvalue weighted by molar-refractivity contribution is 0.306. The van der Waals surface area contributed by atoms with E-state index in [1.54, 1.807) is 26.5 Å². The zero-order valence-corrected chi connectivity index (χ0v) is 19.0. The molecule has 7 heteroatoms. The first-order valence-corrected chi connectivity index (χ1v) is 10.4. The molecule has 0 unspecified atom stereocenters. The van der Waals surface area contributed by atoms with E-state index in [2.05, 4.69) is 26.5 Å². The van der Waals surface area contributed by atoms with Gasteiger partial charge in [-0.05, 0) is 53.6 Å². The van der Waals surface area contributed by atoms with Crippen molar-refractivity contribution in [3.63, 3.8) is 0 Å². The third kappa shape index (κ3) is 6.15. The highest BCUT2D eigenvalue weighted by Crippen LogP contribution is 2.27. The van der Waals surface area contributed by atoms with Crippen LogP contribution in [-0.4, -0.2) is 20.4 Å². The fourth-order valence-corrected chi connectivity index (χ4v) is 3.18. The first-order valence-electron chi connectivity index (χ1n) is 9.22. The number of rotatable bonds is 9. The summed E-state index contributed by atoms with van der Waals surface area (Å²) >= 11 is 9.59. The molecule has 30 heavy (non-hydrogen) atoms. The van der Waals surface area contributed by atoms with Gasteiger partial charge in [-0.3, -0.25) is 0 Å². The number of benzene rings is 3. The van der Waals surface area contributed by atoms with Gasteiger partial charge < -0.3 is 19.6 Å². The third-order valence-electron chi connectivity index (χ3n) is 4.31. The molecule has 0 saturated carbocycles. The van der Waals surface area contributed by atoms with E-state index in [9.17, 15) is 0 Å². The van der Waals surface area contributed by atoms with Crippen molar-refractivity contribution in [2.24, 2.45) is 5.10 Å². The Bertz CT molecular complexity index is 1010. The summed E-state index contributed by atoms with van der Waals surface area (Å²) in [7, 11) is 3.23. The fraction of sp³-hybridized carbons (Fsp3) is 0.174. The summed E-state index contributed by atoms with van der Waals surface area (Å²) in [5.74, 6) is 2.08. The van der Waals surface area contributed by atoms with Gasteiger partial charge in [0, 0.05) is 15.1 Å². The minimum absolute atomic E-state index is 0.453. The molecule has 0 saturated heterocycles. The molecule has 0 fully saturated rings. The van der Waals surface area contributed by atoms with Crippen molar-refractivity contribution < 1.29 is 14.2 Å². The molecule has 0 bridgehead atoms. The highest BCUT2D eigenvalue weighted by atomic mass is 79.9. The average Bonchev–Trinajstić information content (AvgIpc) is 2.77. The summed E-state index contributed by atoms with van der Waals surface area (Å²) in [5.41, 5.74) is 5.91. The molecule has 156 valence electrons. The Labute approximate surface area is 189 Å². The maximum absolute atomic E-state index is 6.15. The van der Waals surface area contributed by atoms with Crippen LogP contribution in [0.15, 0.2) is 70.2 Å². The van der Waals surface area contributed by atoms with Gasteiger partial charge >= 0.3 is 0 Å². The van der Waals surface area contributed by atoms with Crippen molar-refractivity contribution in [2.75, 3.05) is 14.2 Å². The van der Waals surface area contributed by atoms with Gasteiger partial charge in [0.15, 0.2) is 11.5 Å². The second kappa shape index (κ2) is 10.9. The molecule has 0 aliphatic carbocycles. The molecule has 1 N–H and O–H groups in total. The van der Waals surface area contributed by atoms with Crippen LogP contribution in [0.4, 0.5) is 0 Å². The van der Waals surface area contributed by atoms with Crippen molar-refractivity contribution in [2.45, 2.75) is 13.2 Å². The first kappa shape index (κ1) is 22.0. The summed E-state index contributed by atoms with van der Waals surface area (Å²) in [6, 6.07) is 19.2. The number of methoxy groups -OCH3 is 2. The molecule has 0 aliphatic rings. The second-order valence-electron chi connectivity index (χ2n) is 6.38. The molecular formula is C23H22BrClN2O3. The third-order valence-corrected chi connectivity index (χ3v) is 5.07. The minimum Gasteiger partial charge on any atom is -0.493 e. The topological polar surface area (TPSA) is 52.1 Å². The largest absolute Gasteiger partial charge is 0.493 e. The van der Waals surface area contributed by atoms with E-state index < -0.39 is 0 Å². The van der Waals surface area contributed by atoms with Crippen LogP contribution in [0.25, 0.3) is 0 Å². The number of nitrogens with zero attached hydrogens (tertiary/aromatic N) is 1. The van der Waals surface area contributed by atoms with Crippen molar-refractivity contribution in [1.29, 1.82) is 0 Å². The van der Waals surface area contributed by atoms with Crippen LogP contribution in [-0.2, 0) is 13.2 Å². The van der Waals surface area contributed by atoms with E-state index in [4.69, 9.17) is 25.8 Å². The number of hydrogen-bond donors (Lipinski definition) is 1. The zero-order chi connectivity index (χ0) is 21.3. The average molecular weight is 490 g/mol. The van der Waals surface area contributed by atoms with Crippen molar-refractivity contribution in [3.05, 3.63) is 86.8 Å². The highest BCUT2D eigenvalue weighted by molar-refractivity contribution is 9.10. The Hall–Kier alpha value is -2.70. The second-order valence-corrected chi connectivity index (χ2v) is 7.73. The van der Waals surface area contributed by atoms with E-state index in [1.807, 2.05) is 54.6 Å². The number of halogens is 2. The zero-order valence-electron chi connectivity index (χ0n) is 16.7. The normalized spacial score (nSPS) is 10.8. The van der Waals surface area contributed by atoms with Gasteiger partial charge in [0.1, 0.15) is 12.4 Å². The van der Waals surface area contributed by atoms with E-state index in [1.165, 1.54) is 0 Å². The Morgan fingerprint density at radius 1 is 0.900 bits per heavy atom. The first-order chi connectivity index (χ1) is 14.6. The Kier molecular flexibility index (Phi) is 7.99. The van der Waals surface area contributed by atoms with Gasteiger partial charge in [-0.15, -0.1) is 0 Å². The van der Waals surface area contributed by atoms with Gasteiger partial charge in [-0.1, -0.05) is 45.7 Å². The Balaban J connectivity index is 1.63. The summed E-state index contributed by atoms with van der Waals surface area (Å²) in [4.78, 5) is 0. The lowest BCUT2D eigenvalue weighted by Gasteiger charge is -2.10. The molecular weight excluding hydrogens is 468 g/mol. The van der Waals surface area contributed by atoms with Crippen molar-refractivity contribution in [1.82, 2.24) is 5.43 Å². The van der Waals surface area contributed by atoms with Gasteiger partial charge in [-0.2, -0.15) is 5.10 Å². The SMILES string of the molecule is COc1ccc(CN/N=C\c2cc(Cl)ccc2OCc2ccc(Br)cc2)cc1OC. The summed E-state index contributed by atoms with van der Waals surface area (Å²) in [5, 5.41) is 4.93. The van der Waals surface area contributed by atoms with Gasteiger partial charge in [0.25, 0.3) is 0 Å². The van der Waals surface area contributed by atoms with Gasteiger partial charge in [0.2, 0.25) is 0 Å². The smallest absolute Gasteiger partial charge is 0.161 e. The molecule has 0 aromatic heterocycles. The molecule has 3 aromatic rings. The molecule has 0 radical (unpaired) electrons. The summed E-state index contributed by atoms with van der Waals surface area (Å²) < 4.78 is 17.6. The van der Waals surface area contributed by atoms with E-state index in [0.29, 0.717) is 35.4 Å². The lowest BCUT2D eigenvalue weighted by Crippen LogP contribution is -2.06. The van der Waals surface area contributed by atoms with Crippen LogP contribution in [0.5, 0.6) is 17.2 Å². The number of nitrogens with one attached hydrogen (secondary N) is 1. The maximum Gasteiger partial charge on any atom is 0.161 e. The van der Waals surface area contributed by atoms with Gasteiger partial charge in [0.05, 0.1) is 27.0 Å². The Morgan fingerprint density at radius 2 is 1.60 bits per heavy atom. The quantitative estimate of drug-likeness (QED) is 0.304. The molecule has 0 heterocycles. The molecule has 3 aromatic carbocycles. The highest BCUT2D eigenvalue weighted by Gasteiger charge is 2.05. The minimum atomic E-state index is 0.453. The van der Waals surface area contributed by atoms with Gasteiger partial charge in [-0.25, -0.2) is 0 Å². The predicted molar refractivity (Wildman–Crippen MR) is 124 cm³/mol. The van der Waals surface area contributed by atoms with E-state index in [0.717, 1.165) is 21.2 Å². The van der Waals surface area contributed by atoms with Crippen LogP contribution in [0.1, 0.15) is 16.7 Å². The van der Waals surface area contributed by atoms with Crippen LogP contribution in [0, 0.1) is 0 Å². The fourth-order valence-electron chi connectivity index (χ4n) is 2.74. The van der Waals surface area contributed by atoms with Crippen LogP contribution in [0.3, 0.4) is 0 Å². The predicted octanol–water partition coefficient (Wildman–Crippen LogP) is 5.82. The molecule has 0 aliphatic heterocycles. The number of ether oxygens (including phenoxy) is 3. The summed E-state index contributed by atoms with van der Waals surface area (Å²) in [6.45, 7) is 0.987. The standard InChI is InChI=1S/C23H22BrClN2O3/c1-28-22-9-5-17(11-23(22)29-2)13-26-27-14-18-12-20(25)8-10-21(18)30-15-16-3-6-19(24)7-4-16/h3-12,14,26H,13,15H2,1-2H3/b27-14-. The van der Waals surface area contributed by atoms with Crippen LogP contribution in [0.2, 0.25) is 5.02 Å². The molecule has 0 amide bonds. The van der Waals surface area contributed by atoms with Crippen molar-refractivity contribution in [3.8, 4) is 17.2 Å². The summed E-state index contributed by atoms with van der Waals surface area (Å²) in [6.07, 6.45) is 1.70. The molecule has 5 nitrogen and oxygen atoms in total. The molecule has 0 spiro atoms. The number of hydrogen-bond acceptors (Lipinski definition) is 5. The van der Waals surface area contributed by atoms with Crippen LogP contribution >= 0.6 is 27.5 Å². The monoisotopic (exact) mass is 488 g/mol. The number of hydrazone groups is 1.